The number of nitrogens with zero attached hydrogens (tertiary/aromatic N) is 3. The third-order valence-corrected chi connectivity index (χ3v) is 3.08. The Morgan fingerprint density at radius 1 is 1.39 bits per heavy atom. The fraction of sp³-hybridized carbons (Fsp3) is 0.231. The van der Waals surface area contributed by atoms with E-state index in [1.54, 1.807) is 6.33 Å². The van der Waals surface area contributed by atoms with Gasteiger partial charge in [0, 0.05) is 19.2 Å². The SMILES string of the molecule is Cc1nc2ccc(-c3c(CN)ncn3C)cc2[nH]1. The average molecular weight is 241 g/mol. The highest BCUT2D eigenvalue weighted by atomic mass is 15.0. The van der Waals surface area contributed by atoms with Crippen molar-refractivity contribution in [3.63, 3.8) is 0 Å². The molecule has 0 spiro atoms. The van der Waals surface area contributed by atoms with Gasteiger partial charge in [-0.25, -0.2) is 9.97 Å². The summed E-state index contributed by atoms with van der Waals surface area (Å²) >= 11 is 0. The predicted octanol–water partition coefficient (Wildman–Crippen LogP) is 1.73. The van der Waals surface area contributed by atoms with Crippen LogP contribution in [0, 0.1) is 6.92 Å². The number of imidazole rings is 2. The van der Waals surface area contributed by atoms with Crippen molar-refractivity contribution in [2.45, 2.75) is 13.5 Å². The van der Waals surface area contributed by atoms with Crippen molar-refractivity contribution in [1.29, 1.82) is 0 Å². The molecule has 5 nitrogen and oxygen atoms in total. The van der Waals surface area contributed by atoms with Gasteiger partial charge >= 0.3 is 0 Å². The van der Waals surface area contributed by atoms with Crippen LogP contribution in [0.15, 0.2) is 24.5 Å². The summed E-state index contributed by atoms with van der Waals surface area (Å²) in [6.07, 6.45) is 1.79. The Balaban J connectivity index is 2.21. The summed E-state index contributed by atoms with van der Waals surface area (Å²) in [6.45, 7) is 2.39. The fourth-order valence-corrected chi connectivity index (χ4v) is 2.28. The van der Waals surface area contributed by atoms with E-state index in [1.165, 1.54) is 0 Å². The summed E-state index contributed by atoms with van der Waals surface area (Å²) in [5, 5.41) is 0. The number of aromatic amines is 1. The molecule has 18 heavy (non-hydrogen) atoms. The second-order valence-corrected chi connectivity index (χ2v) is 4.41. The van der Waals surface area contributed by atoms with Crippen LogP contribution in [0.2, 0.25) is 0 Å². The molecule has 2 aromatic heterocycles. The molecule has 1 aromatic carbocycles. The molecule has 0 aliphatic carbocycles. The smallest absolute Gasteiger partial charge is 0.104 e. The van der Waals surface area contributed by atoms with E-state index in [9.17, 15) is 0 Å². The van der Waals surface area contributed by atoms with Crippen LogP contribution in [0.4, 0.5) is 0 Å². The van der Waals surface area contributed by atoms with Crippen LogP contribution in [-0.2, 0) is 13.6 Å². The Bertz CT molecular complexity index is 707. The van der Waals surface area contributed by atoms with Gasteiger partial charge in [-0.05, 0) is 19.1 Å². The lowest BCUT2D eigenvalue weighted by atomic mass is 10.1. The first-order chi connectivity index (χ1) is 8.69. The number of nitrogens with two attached hydrogens (primary N) is 1. The fourth-order valence-electron chi connectivity index (χ4n) is 2.28. The Hall–Kier alpha value is -2.14. The van der Waals surface area contributed by atoms with E-state index in [2.05, 4.69) is 27.1 Å². The zero-order valence-electron chi connectivity index (χ0n) is 10.4. The first-order valence-corrected chi connectivity index (χ1v) is 5.86. The normalized spacial score (nSPS) is 11.3. The molecule has 0 saturated carbocycles. The van der Waals surface area contributed by atoms with E-state index in [1.807, 2.05) is 24.6 Å². The van der Waals surface area contributed by atoms with E-state index in [0.717, 1.165) is 33.8 Å². The number of hydrogen-bond acceptors (Lipinski definition) is 3. The third kappa shape index (κ3) is 1.60. The summed E-state index contributed by atoms with van der Waals surface area (Å²) < 4.78 is 1.99. The number of hydrogen-bond donors (Lipinski definition) is 2. The molecule has 0 aliphatic heterocycles. The number of fused-ring (bicyclic) bond motifs is 1. The molecule has 0 fully saturated rings. The van der Waals surface area contributed by atoms with Crippen LogP contribution < -0.4 is 5.73 Å². The molecule has 0 unspecified atom stereocenters. The average Bonchev–Trinajstić information content (AvgIpc) is 2.89. The van der Waals surface area contributed by atoms with Gasteiger partial charge in [-0.2, -0.15) is 0 Å². The van der Waals surface area contributed by atoms with Gasteiger partial charge in [0.15, 0.2) is 0 Å². The van der Waals surface area contributed by atoms with Crippen LogP contribution in [0.3, 0.4) is 0 Å². The highest BCUT2D eigenvalue weighted by Crippen LogP contribution is 2.25. The number of aryl methyl sites for hydroxylation is 2. The summed E-state index contributed by atoms with van der Waals surface area (Å²) in [5.41, 5.74) is 10.8. The molecule has 92 valence electrons. The second-order valence-electron chi connectivity index (χ2n) is 4.41. The molecule has 2 heterocycles. The summed E-state index contributed by atoms with van der Waals surface area (Å²) in [4.78, 5) is 12.0. The molecule has 3 aromatic rings. The van der Waals surface area contributed by atoms with Crippen LogP contribution in [0.1, 0.15) is 11.5 Å². The molecule has 0 atom stereocenters. The lowest BCUT2D eigenvalue weighted by Crippen LogP contribution is -2.00. The Morgan fingerprint density at radius 3 is 3.00 bits per heavy atom. The van der Waals surface area contributed by atoms with Crippen molar-refractivity contribution in [2.24, 2.45) is 12.8 Å². The van der Waals surface area contributed by atoms with Crippen LogP contribution in [-0.4, -0.2) is 19.5 Å². The topological polar surface area (TPSA) is 72.5 Å². The molecule has 0 aliphatic rings. The summed E-state index contributed by atoms with van der Waals surface area (Å²) in [7, 11) is 1.98. The number of H-pyrrole nitrogens is 1. The van der Waals surface area contributed by atoms with E-state index < -0.39 is 0 Å². The maximum atomic E-state index is 5.72. The molecular weight excluding hydrogens is 226 g/mol. The second kappa shape index (κ2) is 3.96. The number of rotatable bonds is 2. The minimum atomic E-state index is 0.441. The van der Waals surface area contributed by atoms with E-state index >= 15 is 0 Å². The largest absolute Gasteiger partial charge is 0.342 e. The highest BCUT2D eigenvalue weighted by Gasteiger charge is 2.11. The molecule has 3 N–H and O–H groups in total. The number of nitrogens with one attached hydrogen (secondary N) is 1. The van der Waals surface area contributed by atoms with E-state index in [-0.39, 0.29) is 0 Å². The molecule has 5 heteroatoms. The van der Waals surface area contributed by atoms with Crippen LogP contribution in [0.25, 0.3) is 22.3 Å². The molecule has 0 radical (unpaired) electrons. The Labute approximate surface area is 105 Å². The number of aromatic nitrogens is 4. The zero-order chi connectivity index (χ0) is 12.7. The summed E-state index contributed by atoms with van der Waals surface area (Å²) in [5.74, 6) is 0.922. The third-order valence-electron chi connectivity index (χ3n) is 3.08. The molecular formula is C13H15N5. The first-order valence-electron chi connectivity index (χ1n) is 5.86. The van der Waals surface area contributed by atoms with Gasteiger partial charge in [0.25, 0.3) is 0 Å². The lowest BCUT2D eigenvalue weighted by molar-refractivity contribution is 0.920. The van der Waals surface area contributed by atoms with Crippen LogP contribution in [0.5, 0.6) is 0 Å². The van der Waals surface area contributed by atoms with E-state index in [4.69, 9.17) is 5.73 Å². The van der Waals surface area contributed by atoms with Crippen molar-refractivity contribution in [3.05, 3.63) is 36.0 Å². The van der Waals surface area contributed by atoms with Crippen molar-refractivity contribution in [3.8, 4) is 11.3 Å². The van der Waals surface area contributed by atoms with Crippen molar-refractivity contribution >= 4 is 11.0 Å². The molecule has 3 rings (SSSR count). The van der Waals surface area contributed by atoms with Gasteiger partial charge in [0.2, 0.25) is 0 Å². The maximum absolute atomic E-state index is 5.72. The van der Waals surface area contributed by atoms with Gasteiger partial charge in [-0.3, -0.25) is 0 Å². The van der Waals surface area contributed by atoms with Crippen LogP contribution >= 0.6 is 0 Å². The van der Waals surface area contributed by atoms with Crippen molar-refractivity contribution < 1.29 is 0 Å². The van der Waals surface area contributed by atoms with E-state index in [0.29, 0.717) is 6.54 Å². The zero-order valence-corrected chi connectivity index (χ0v) is 10.4. The Morgan fingerprint density at radius 2 is 2.22 bits per heavy atom. The van der Waals surface area contributed by atoms with Gasteiger partial charge < -0.3 is 15.3 Å². The van der Waals surface area contributed by atoms with Crippen molar-refractivity contribution in [2.75, 3.05) is 0 Å². The lowest BCUT2D eigenvalue weighted by Gasteiger charge is -2.05. The molecule has 0 saturated heterocycles. The van der Waals surface area contributed by atoms with Gasteiger partial charge in [-0.15, -0.1) is 0 Å². The van der Waals surface area contributed by atoms with Gasteiger partial charge in [-0.1, -0.05) is 6.07 Å². The van der Waals surface area contributed by atoms with Crippen molar-refractivity contribution in [1.82, 2.24) is 19.5 Å². The minimum absolute atomic E-state index is 0.441. The standard InChI is InChI=1S/C13H15N5/c1-8-16-10-4-3-9(5-11(10)17-8)13-12(6-14)15-7-18(13)2/h3-5,7H,6,14H2,1-2H3,(H,16,17). The maximum Gasteiger partial charge on any atom is 0.104 e. The highest BCUT2D eigenvalue weighted by molar-refractivity contribution is 5.81. The monoisotopic (exact) mass is 241 g/mol. The number of benzene rings is 1. The van der Waals surface area contributed by atoms with Gasteiger partial charge in [0.05, 0.1) is 28.7 Å². The molecule has 0 bridgehead atoms. The summed E-state index contributed by atoms with van der Waals surface area (Å²) in [6, 6.07) is 6.16. The quantitative estimate of drug-likeness (QED) is 0.717. The predicted molar refractivity (Wildman–Crippen MR) is 70.9 cm³/mol. The first kappa shape index (κ1) is 11.0. The molecule has 0 amide bonds. The minimum Gasteiger partial charge on any atom is -0.342 e. The Kier molecular flexibility index (Phi) is 2.41. The van der Waals surface area contributed by atoms with Gasteiger partial charge in [0.1, 0.15) is 5.82 Å².